The van der Waals surface area contributed by atoms with Gasteiger partial charge >= 0.3 is 0 Å². The van der Waals surface area contributed by atoms with E-state index in [1.54, 1.807) is 0 Å². The van der Waals surface area contributed by atoms with Crippen molar-refractivity contribution >= 4 is 10.9 Å². The lowest BCUT2D eigenvalue weighted by Crippen LogP contribution is -2.05. The van der Waals surface area contributed by atoms with Gasteiger partial charge in [0.1, 0.15) is 0 Å². The van der Waals surface area contributed by atoms with Gasteiger partial charge in [-0.2, -0.15) is 0 Å². The minimum Gasteiger partial charge on any atom is -0.347 e. The molecule has 0 saturated carbocycles. The predicted octanol–water partition coefficient (Wildman–Crippen LogP) is 2.77. The molecule has 3 rings (SSSR count). The molecule has 0 aliphatic carbocycles. The summed E-state index contributed by atoms with van der Waals surface area (Å²) < 4.78 is 2.34. The molecule has 0 bridgehead atoms. The van der Waals surface area contributed by atoms with Crippen LogP contribution in [0.2, 0.25) is 0 Å². The maximum Gasteiger partial charge on any atom is 0.0515 e. The minimum absolute atomic E-state index is 1.16. The fourth-order valence-corrected chi connectivity index (χ4v) is 2.33. The first-order valence-electron chi connectivity index (χ1n) is 4.79. The zero-order chi connectivity index (χ0) is 8.84. The van der Waals surface area contributed by atoms with Gasteiger partial charge < -0.3 is 4.57 Å². The third kappa shape index (κ3) is 0.873. The van der Waals surface area contributed by atoms with E-state index in [0.717, 1.165) is 6.54 Å². The molecule has 2 aromatic rings. The van der Waals surface area contributed by atoms with E-state index in [-0.39, 0.29) is 0 Å². The summed E-state index contributed by atoms with van der Waals surface area (Å²) in [6, 6.07) is 6.54. The number of nitrogens with zero attached hydrogens (tertiary/aromatic N) is 1. The number of benzene rings is 1. The highest BCUT2D eigenvalue weighted by atomic mass is 15.0. The fraction of sp³-hybridized carbons (Fsp3) is 0.250. The van der Waals surface area contributed by atoms with Gasteiger partial charge in [0.05, 0.1) is 5.52 Å². The minimum atomic E-state index is 1.16. The predicted molar refractivity (Wildman–Crippen MR) is 54.7 cm³/mol. The number of para-hydroxylation sites is 1. The molecule has 13 heavy (non-hydrogen) atoms. The van der Waals surface area contributed by atoms with Crippen molar-refractivity contribution in [1.82, 2.24) is 4.57 Å². The van der Waals surface area contributed by atoms with Crippen LogP contribution in [-0.4, -0.2) is 4.57 Å². The van der Waals surface area contributed by atoms with Crippen molar-refractivity contribution in [3.8, 4) is 0 Å². The Kier molecular flexibility index (Phi) is 1.32. The monoisotopic (exact) mass is 170 g/mol. The van der Waals surface area contributed by atoms with Gasteiger partial charge in [0.25, 0.3) is 0 Å². The lowest BCUT2D eigenvalue weighted by Gasteiger charge is -2.14. The Balaban J connectivity index is 2.51. The smallest absolute Gasteiger partial charge is 0.0515 e. The van der Waals surface area contributed by atoms with Crippen molar-refractivity contribution < 1.29 is 0 Å². The molecule has 0 amide bonds. The van der Waals surface area contributed by atoms with Crippen LogP contribution < -0.4 is 0 Å². The van der Waals surface area contributed by atoms with E-state index in [9.17, 15) is 0 Å². The standard InChI is InChI=1S/C12H12N/c1-9-8-13-7-3-5-10-4-2-6-11(9)12(10)13/h2,4,6,8H,1,3,5,7H2. The van der Waals surface area contributed by atoms with Crippen molar-refractivity contribution in [2.75, 3.05) is 0 Å². The Bertz CT molecular complexity index is 465. The van der Waals surface area contributed by atoms with Crippen LogP contribution in [0.1, 0.15) is 17.5 Å². The van der Waals surface area contributed by atoms with E-state index in [1.807, 2.05) is 0 Å². The molecule has 0 spiro atoms. The molecule has 0 atom stereocenters. The number of aromatic nitrogens is 1. The highest BCUT2D eigenvalue weighted by molar-refractivity contribution is 5.87. The summed E-state index contributed by atoms with van der Waals surface area (Å²) in [5.41, 5.74) is 4.07. The first-order valence-corrected chi connectivity index (χ1v) is 4.79. The van der Waals surface area contributed by atoms with Crippen LogP contribution in [0.25, 0.3) is 10.9 Å². The molecule has 1 aliphatic rings. The van der Waals surface area contributed by atoms with Crippen LogP contribution >= 0.6 is 0 Å². The van der Waals surface area contributed by atoms with Gasteiger partial charge in [0.2, 0.25) is 0 Å². The average molecular weight is 170 g/mol. The second-order valence-electron chi connectivity index (χ2n) is 3.76. The van der Waals surface area contributed by atoms with Gasteiger partial charge in [-0.05, 0) is 30.9 Å². The topological polar surface area (TPSA) is 4.93 Å². The summed E-state index contributed by atoms with van der Waals surface area (Å²) in [7, 11) is 0. The Hall–Kier alpha value is -1.24. The first kappa shape index (κ1) is 7.19. The van der Waals surface area contributed by atoms with Crippen molar-refractivity contribution in [2.45, 2.75) is 19.4 Å². The van der Waals surface area contributed by atoms with E-state index >= 15 is 0 Å². The Morgan fingerprint density at radius 2 is 2.23 bits per heavy atom. The van der Waals surface area contributed by atoms with Crippen molar-refractivity contribution in [2.24, 2.45) is 0 Å². The van der Waals surface area contributed by atoms with E-state index in [4.69, 9.17) is 0 Å². The normalized spacial score (nSPS) is 15.2. The van der Waals surface area contributed by atoms with Crippen molar-refractivity contribution in [1.29, 1.82) is 0 Å². The number of hydrogen-bond acceptors (Lipinski definition) is 0. The van der Waals surface area contributed by atoms with Crippen molar-refractivity contribution in [3.05, 3.63) is 42.4 Å². The van der Waals surface area contributed by atoms with Gasteiger partial charge in [0, 0.05) is 18.1 Å². The van der Waals surface area contributed by atoms with Crippen LogP contribution in [0.4, 0.5) is 0 Å². The molecule has 1 aromatic carbocycles. The molecule has 0 unspecified atom stereocenters. The molecule has 1 aliphatic heterocycles. The lowest BCUT2D eigenvalue weighted by molar-refractivity contribution is 0.635. The maximum absolute atomic E-state index is 4.07. The van der Waals surface area contributed by atoms with Gasteiger partial charge in [-0.1, -0.05) is 18.2 Å². The number of aryl methyl sites for hydroxylation is 2. The fourth-order valence-electron chi connectivity index (χ4n) is 2.33. The van der Waals surface area contributed by atoms with Crippen LogP contribution in [0.3, 0.4) is 0 Å². The molecule has 0 saturated heterocycles. The zero-order valence-electron chi connectivity index (χ0n) is 7.59. The van der Waals surface area contributed by atoms with Gasteiger partial charge in [-0.15, -0.1) is 0 Å². The summed E-state index contributed by atoms with van der Waals surface area (Å²) >= 11 is 0. The molecule has 2 heterocycles. The molecular weight excluding hydrogens is 158 g/mol. The second kappa shape index (κ2) is 2.38. The molecule has 1 aromatic heterocycles. The van der Waals surface area contributed by atoms with Gasteiger partial charge in [0.15, 0.2) is 0 Å². The SMILES string of the molecule is [CH2]c1cn2c3c(cccc13)CCC2. The van der Waals surface area contributed by atoms with Crippen LogP contribution in [0, 0.1) is 6.92 Å². The summed E-state index contributed by atoms with van der Waals surface area (Å²) in [6.45, 7) is 5.22. The molecule has 1 radical (unpaired) electrons. The average Bonchev–Trinajstić information content (AvgIpc) is 2.47. The third-order valence-electron chi connectivity index (χ3n) is 2.91. The summed E-state index contributed by atoms with van der Waals surface area (Å²) in [5.74, 6) is 0. The number of rotatable bonds is 0. The maximum atomic E-state index is 4.07. The highest BCUT2D eigenvalue weighted by Gasteiger charge is 2.13. The van der Waals surface area contributed by atoms with E-state index in [1.165, 1.54) is 34.9 Å². The molecule has 1 nitrogen and oxygen atoms in total. The molecule has 1 heteroatoms. The largest absolute Gasteiger partial charge is 0.347 e. The third-order valence-corrected chi connectivity index (χ3v) is 2.91. The van der Waals surface area contributed by atoms with Crippen LogP contribution in [0.15, 0.2) is 24.4 Å². The molecule has 0 fully saturated rings. The quantitative estimate of drug-likeness (QED) is 0.573. The Morgan fingerprint density at radius 1 is 1.31 bits per heavy atom. The molecule has 65 valence electrons. The summed E-state index contributed by atoms with van der Waals surface area (Å²) in [4.78, 5) is 0. The second-order valence-corrected chi connectivity index (χ2v) is 3.76. The molecular formula is C12H12N. The van der Waals surface area contributed by atoms with Gasteiger partial charge in [-0.25, -0.2) is 0 Å². The van der Waals surface area contributed by atoms with Gasteiger partial charge in [-0.3, -0.25) is 0 Å². The molecule has 0 N–H and O–H groups in total. The first-order chi connectivity index (χ1) is 6.36. The number of hydrogen-bond donors (Lipinski definition) is 0. The lowest BCUT2D eigenvalue weighted by atomic mass is 10.0. The summed E-state index contributed by atoms with van der Waals surface area (Å²) in [5, 5.41) is 1.33. The Morgan fingerprint density at radius 3 is 3.15 bits per heavy atom. The summed E-state index contributed by atoms with van der Waals surface area (Å²) in [6.07, 6.45) is 4.66. The van der Waals surface area contributed by atoms with E-state index < -0.39 is 0 Å². The van der Waals surface area contributed by atoms with Crippen LogP contribution in [0.5, 0.6) is 0 Å². The van der Waals surface area contributed by atoms with Crippen molar-refractivity contribution in [3.63, 3.8) is 0 Å². The van der Waals surface area contributed by atoms with Crippen LogP contribution in [-0.2, 0) is 13.0 Å². The highest BCUT2D eigenvalue weighted by Crippen LogP contribution is 2.28. The van der Waals surface area contributed by atoms with E-state index in [2.05, 4.69) is 35.9 Å². The Labute approximate surface area is 78.0 Å². The van der Waals surface area contributed by atoms with E-state index in [0.29, 0.717) is 0 Å². The zero-order valence-corrected chi connectivity index (χ0v) is 7.59.